The summed E-state index contributed by atoms with van der Waals surface area (Å²) < 4.78 is 5.92. The maximum absolute atomic E-state index is 11.8. The number of anilines is 1. The minimum atomic E-state index is -0.626. The molecule has 5 nitrogen and oxygen atoms in total. The van der Waals surface area contributed by atoms with Gasteiger partial charge in [0.2, 0.25) is 0 Å². The van der Waals surface area contributed by atoms with E-state index >= 15 is 0 Å². The van der Waals surface area contributed by atoms with Crippen molar-refractivity contribution in [1.29, 1.82) is 0 Å². The number of hydroxylamine groups is 1. The van der Waals surface area contributed by atoms with Crippen LogP contribution in [0.3, 0.4) is 0 Å². The van der Waals surface area contributed by atoms with Crippen LogP contribution < -0.4 is 15.1 Å². The van der Waals surface area contributed by atoms with E-state index in [0.717, 1.165) is 17.7 Å². The van der Waals surface area contributed by atoms with Crippen LogP contribution in [-0.2, 0) is 13.0 Å². The first kappa shape index (κ1) is 18.5. The number of aryl methyl sites for hydroxylation is 2. The SMILES string of the molecule is C=Cc1cccc(COc2ccc(CC)cc2C)c1N(O)C(=O)NC. The van der Waals surface area contributed by atoms with Gasteiger partial charge in [-0.3, -0.25) is 5.21 Å². The summed E-state index contributed by atoms with van der Waals surface area (Å²) >= 11 is 0. The molecular formula is C20H24N2O3. The largest absolute Gasteiger partial charge is 0.489 e. The lowest BCUT2D eigenvalue weighted by atomic mass is 10.1. The molecule has 0 aliphatic carbocycles. The standard InChI is InChI=1S/C20H24N2O3/c1-5-15-10-11-18(14(3)12-15)25-13-17-9-7-8-16(6-2)19(17)22(24)20(23)21-4/h6-12,24H,2,5,13H2,1,3-4H3,(H,21,23). The quantitative estimate of drug-likeness (QED) is 0.608. The van der Waals surface area contributed by atoms with Gasteiger partial charge in [-0.15, -0.1) is 0 Å². The van der Waals surface area contributed by atoms with Gasteiger partial charge in [-0.1, -0.05) is 49.9 Å². The summed E-state index contributed by atoms with van der Waals surface area (Å²) in [6.07, 6.45) is 2.56. The van der Waals surface area contributed by atoms with E-state index in [-0.39, 0.29) is 6.61 Å². The molecule has 0 saturated carbocycles. The lowest BCUT2D eigenvalue weighted by Crippen LogP contribution is -2.36. The summed E-state index contributed by atoms with van der Waals surface area (Å²) in [6, 6.07) is 10.9. The molecule has 0 bridgehead atoms. The van der Waals surface area contributed by atoms with Crippen molar-refractivity contribution in [2.75, 3.05) is 12.1 Å². The van der Waals surface area contributed by atoms with Crippen molar-refractivity contribution in [3.8, 4) is 5.75 Å². The van der Waals surface area contributed by atoms with Crippen molar-refractivity contribution in [3.05, 3.63) is 65.2 Å². The second kappa shape index (κ2) is 8.35. The van der Waals surface area contributed by atoms with Crippen LogP contribution in [0.15, 0.2) is 43.0 Å². The number of amides is 2. The molecule has 132 valence electrons. The Balaban J connectivity index is 2.30. The molecule has 2 aromatic rings. The highest BCUT2D eigenvalue weighted by Crippen LogP contribution is 2.28. The molecule has 25 heavy (non-hydrogen) atoms. The lowest BCUT2D eigenvalue weighted by Gasteiger charge is -2.21. The Bertz CT molecular complexity index is 772. The fourth-order valence-corrected chi connectivity index (χ4v) is 2.61. The zero-order valence-electron chi connectivity index (χ0n) is 14.9. The Kier molecular flexibility index (Phi) is 6.19. The van der Waals surface area contributed by atoms with E-state index in [0.29, 0.717) is 21.9 Å². The normalized spacial score (nSPS) is 10.2. The Labute approximate surface area is 148 Å². The molecule has 0 spiro atoms. The molecule has 0 aromatic heterocycles. The van der Waals surface area contributed by atoms with Crippen LogP contribution in [0.5, 0.6) is 5.75 Å². The minimum Gasteiger partial charge on any atom is -0.489 e. The zero-order chi connectivity index (χ0) is 18.4. The highest BCUT2D eigenvalue weighted by Gasteiger charge is 2.19. The first-order valence-electron chi connectivity index (χ1n) is 8.19. The van der Waals surface area contributed by atoms with Gasteiger partial charge in [-0.05, 0) is 30.5 Å². The first-order chi connectivity index (χ1) is 12.0. The molecule has 2 N–H and O–H groups in total. The summed E-state index contributed by atoms with van der Waals surface area (Å²) in [5.74, 6) is 0.775. The second-order valence-corrected chi connectivity index (χ2v) is 5.67. The van der Waals surface area contributed by atoms with Crippen LogP contribution in [0.1, 0.15) is 29.2 Å². The summed E-state index contributed by atoms with van der Waals surface area (Å²) in [5.41, 5.74) is 3.99. The summed E-state index contributed by atoms with van der Waals surface area (Å²) in [5, 5.41) is 13.2. The molecule has 2 amide bonds. The molecule has 0 radical (unpaired) electrons. The topological polar surface area (TPSA) is 61.8 Å². The highest BCUT2D eigenvalue weighted by molar-refractivity contribution is 5.92. The fourth-order valence-electron chi connectivity index (χ4n) is 2.61. The predicted molar refractivity (Wildman–Crippen MR) is 100 cm³/mol. The van der Waals surface area contributed by atoms with Crippen LogP contribution in [0.25, 0.3) is 6.08 Å². The molecule has 0 aliphatic rings. The third-order valence-corrected chi connectivity index (χ3v) is 4.02. The van der Waals surface area contributed by atoms with Crippen molar-refractivity contribution in [3.63, 3.8) is 0 Å². The van der Waals surface area contributed by atoms with E-state index in [4.69, 9.17) is 4.74 Å². The summed E-state index contributed by atoms with van der Waals surface area (Å²) in [4.78, 5) is 11.8. The van der Waals surface area contributed by atoms with Crippen LogP contribution in [-0.4, -0.2) is 18.3 Å². The smallest absolute Gasteiger partial charge is 0.345 e. The van der Waals surface area contributed by atoms with Crippen molar-refractivity contribution in [1.82, 2.24) is 5.32 Å². The van der Waals surface area contributed by atoms with Gasteiger partial charge in [0.25, 0.3) is 0 Å². The van der Waals surface area contributed by atoms with Crippen molar-refractivity contribution < 1.29 is 14.7 Å². The molecule has 2 aromatic carbocycles. The van der Waals surface area contributed by atoms with Gasteiger partial charge in [0.15, 0.2) is 0 Å². The number of nitrogens with one attached hydrogen (secondary N) is 1. The summed E-state index contributed by atoms with van der Waals surface area (Å²) in [6.45, 7) is 8.07. The number of carbonyl (C=O) groups is 1. The minimum absolute atomic E-state index is 0.220. The van der Waals surface area contributed by atoms with E-state index in [1.54, 1.807) is 12.1 Å². The van der Waals surface area contributed by atoms with Crippen molar-refractivity contribution in [2.45, 2.75) is 26.9 Å². The average molecular weight is 340 g/mol. The molecule has 5 heteroatoms. The third kappa shape index (κ3) is 4.19. The molecule has 0 atom stereocenters. The molecule has 0 aliphatic heterocycles. The van der Waals surface area contributed by atoms with Gasteiger partial charge in [-0.2, -0.15) is 5.06 Å². The van der Waals surface area contributed by atoms with Gasteiger partial charge < -0.3 is 10.1 Å². The van der Waals surface area contributed by atoms with E-state index in [9.17, 15) is 10.0 Å². The van der Waals surface area contributed by atoms with Crippen LogP contribution in [0, 0.1) is 6.92 Å². The zero-order valence-corrected chi connectivity index (χ0v) is 14.9. The number of rotatable bonds is 6. The average Bonchev–Trinajstić information content (AvgIpc) is 2.65. The number of urea groups is 1. The van der Waals surface area contributed by atoms with Crippen molar-refractivity contribution >= 4 is 17.8 Å². The number of nitrogens with zero attached hydrogens (tertiary/aromatic N) is 1. The number of carbonyl (C=O) groups excluding carboxylic acids is 1. The molecular weight excluding hydrogens is 316 g/mol. The van der Waals surface area contributed by atoms with Gasteiger partial charge in [0.05, 0.1) is 5.69 Å². The van der Waals surface area contributed by atoms with Crippen LogP contribution >= 0.6 is 0 Å². The molecule has 0 saturated heterocycles. The first-order valence-corrected chi connectivity index (χ1v) is 8.19. The van der Waals surface area contributed by atoms with E-state index in [1.165, 1.54) is 12.6 Å². The monoisotopic (exact) mass is 340 g/mol. The van der Waals surface area contributed by atoms with Gasteiger partial charge >= 0.3 is 6.03 Å². The third-order valence-electron chi connectivity index (χ3n) is 4.02. The Morgan fingerprint density at radius 2 is 2.12 bits per heavy atom. The van der Waals surface area contributed by atoms with E-state index in [2.05, 4.69) is 24.9 Å². The molecule has 0 heterocycles. The van der Waals surface area contributed by atoms with Crippen molar-refractivity contribution in [2.24, 2.45) is 0 Å². The predicted octanol–water partition coefficient (Wildman–Crippen LogP) is 4.31. The number of benzene rings is 2. The Morgan fingerprint density at radius 1 is 1.36 bits per heavy atom. The van der Waals surface area contributed by atoms with E-state index in [1.807, 2.05) is 31.2 Å². The van der Waals surface area contributed by atoms with Gasteiger partial charge in [0, 0.05) is 18.2 Å². The second-order valence-electron chi connectivity index (χ2n) is 5.67. The van der Waals surface area contributed by atoms with Crippen LogP contribution in [0.2, 0.25) is 0 Å². The molecule has 0 fully saturated rings. The Hall–Kier alpha value is -2.79. The molecule has 2 rings (SSSR count). The molecule has 0 unspecified atom stereocenters. The number of ether oxygens (including phenoxy) is 1. The van der Waals surface area contributed by atoms with Gasteiger partial charge in [0.1, 0.15) is 12.4 Å². The number of hydrogen-bond acceptors (Lipinski definition) is 3. The van der Waals surface area contributed by atoms with Crippen LogP contribution in [0.4, 0.5) is 10.5 Å². The number of hydrogen-bond donors (Lipinski definition) is 2. The maximum Gasteiger partial charge on any atom is 0.345 e. The van der Waals surface area contributed by atoms with Gasteiger partial charge in [-0.25, -0.2) is 4.79 Å². The number of para-hydroxylation sites is 1. The fraction of sp³-hybridized carbons (Fsp3) is 0.250. The Morgan fingerprint density at radius 3 is 2.72 bits per heavy atom. The van der Waals surface area contributed by atoms with E-state index < -0.39 is 6.03 Å². The highest BCUT2D eigenvalue weighted by atomic mass is 16.5. The lowest BCUT2D eigenvalue weighted by molar-refractivity contribution is 0.205. The summed E-state index contributed by atoms with van der Waals surface area (Å²) in [7, 11) is 1.46. The maximum atomic E-state index is 11.8.